The topological polar surface area (TPSA) is 113 Å². The summed E-state index contributed by atoms with van der Waals surface area (Å²) in [6.07, 6.45) is -2.14. The standard InChI is InChI=1S/C21H20O7/c22-16-11-12-21(26,13-27-19(24)14-7-3-1-4-8-14)18(23)17(16)28-20(25)15-9-5-2-6-10-15/h1-12,16-18,22-23,26H,13H2. The average molecular weight is 384 g/mol. The van der Waals surface area contributed by atoms with E-state index in [4.69, 9.17) is 9.47 Å². The summed E-state index contributed by atoms with van der Waals surface area (Å²) < 4.78 is 10.3. The molecule has 0 bridgehead atoms. The van der Waals surface area contributed by atoms with Crippen LogP contribution in [0, 0.1) is 0 Å². The molecule has 7 nitrogen and oxygen atoms in total. The first-order valence-electron chi connectivity index (χ1n) is 8.67. The molecule has 0 saturated carbocycles. The van der Waals surface area contributed by atoms with E-state index in [1.165, 1.54) is 18.2 Å². The Bertz CT molecular complexity index is 850. The molecule has 4 unspecified atom stereocenters. The molecule has 0 aliphatic heterocycles. The van der Waals surface area contributed by atoms with Gasteiger partial charge in [-0.2, -0.15) is 0 Å². The molecule has 0 saturated heterocycles. The summed E-state index contributed by atoms with van der Waals surface area (Å²) in [5.41, 5.74) is -1.51. The van der Waals surface area contributed by atoms with Crippen molar-refractivity contribution in [3.63, 3.8) is 0 Å². The maximum atomic E-state index is 12.2. The van der Waals surface area contributed by atoms with Gasteiger partial charge in [0.05, 0.1) is 11.1 Å². The fourth-order valence-corrected chi connectivity index (χ4v) is 2.82. The number of ether oxygens (including phenoxy) is 2. The number of hydrogen-bond acceptors (Lipinski definition) is 7. The molecule has 0 aromatic heterocycles. The van der Waals surface area contributed by atoms with Gasteiger partial charge in [0.2, 0.25) is 0 Å². The molecule has 0 amide bonds. The van der Waals surface area contributed by atoms with E-state index in [0.717, 1.165) is 6.08 Å². The normalized spacial score (nSPS) is 26.5. The van der Waals surface area contributed by atoms with Gasteiger partial charge in [0.25, 0.3) is 0 Å². The van der Waals surface area contributed by atoms with Crippen molar-refractivity contribution < 1.29 is 34.4 Å². The lowest BCUT2D eigenvalue weighted by atomic mass is 9.85. The Kier molecular flexibility index (Phi) is 5.89. The van der Waals surface area contributed by atoms with E-state index in [9.17, 15) is 24.9 Å². The second-order valence-corrected chi connectivity index (χ2v) is 6.46. The van der Waals surface area contributed by atoms with Crippen LogP contribution in [-0.4, -0.2) is 57.8 Å². The van der Waals surface area contributed by atoms with Crippen LogP contribution in [-0.2, 0) is 9.47 Å². The van der Waals surface area contributed by atoms with E-state index >= 15 is 0 Å². The van der Waals surface area contributed by atoms with Crippen LogP contribution in [0.15, 0.2) is 72.8 Å². The van der Waals surface area contributed by atoms with Crippen molar-refractivity contribution in [1.29, 1.82) is 0 Å². The van der Waals surface area contributed by atoms with Crippen LogP contribution in [0.2, 0.25) is 0 Å². The van der Waals surface area contributed by atoms with E-state index in [0.29, 0.717) is 0 Å². The number of esters is 2. The van der Waals surface area contributed by atoms with Gasteiger partial charge in [-0.15, -0.1) is 0 Å². The van der Waals surface area contributed by atoms with Crippen LogP contribution < -0.4 is 0 Å². The maximum absolute atomic E-state index is 12.2. The third-order valence-electron chi connectivity index (χ3n) is 4.44. The van der Waals surface area contributed by atoms with Crippen LogP contribution in [0.1, 0.15) is 20.7 Å². The van der Waals surface area contributed by atoms with Gasteiger partial charge in [0.15, 0.2) is 6.10 Å². The van der Waals surface area contributed by atoms with Crippen molar-refractivity contribution in [2.24, 2.45) is 0 Å². The third kappa shape index (κ3) is 4.28. The molecule has 0 fully saturated rings. The zero-order valence-electron chi connectivity index (χ0n) is 14.8. The molecule has 0 spiro atoms. The Morgan fingerprint density at radius 2 is 1.43 bits per heavy atom. The number of benzene rings is 2. The molecule has 7 heteroatoms. The highest BCUT2D eigenvalue weighted by atomic mass is 16.6. The van der Waals surface area contributed by atoms with Crippen LogP contribution in [0.3, 0.4) is 0 Å². The molecule has 28 heavy (non-hydrogen) atoms. The Labute approximate surface area is 161 Å². The van der Waals surface area contributed by atoms with E-state index in [1.54, 1.807) is 48.5 Å². The minimum Gasteiger partial charge on any atom is -0.459 e. The number of rotatable bonds is 5. The zero-order chi connectivity index (χ0) is 20.1. The highest BCUT2D eigenvalue weighted by Gasteiger charge is 2.47. The van der Waals surface area contributed by atoms with E-state index in [1.807, 2.05) is 0 Å². The predicted molar refractivity (Wildman–Crippen MR) is 98.5 cm³/mol. The Morgan fingerprint density at radius 1 is 0.893 bits per heavy atom. The monoisotopic (exact) mass is 384 g/mol. The van der Waals surface area contributed by atoms with Crippen LogP contribution >= 0.6 is 0 Å². The van der Waals surface area contributed by atoms with Gasteiger partial charge in [0.1, 0.15) is 24.4 Å². The van der Waals surface area contributed by atoms with Crippen molar-refractivity contribution in [3.05, 3.63) is 83.9 Å². The van der Waals surface area contributed by atoms with Crippen molar-refractivity contribution in [2.45, 2.75) is 23.9 Å². The molecule has 1 aliphatic carbocycles. The average Bonchev–Trinajstić information content (AvgIpc) is 2.73. The summed E-state index contributed by atoms with van der Waals surface area (Å²) in [5.74, 6) is -1.44. The van der Waals surface area contributed by atoms with Gasteiger partial charge in [0, 0.05) is 0 Å². The fourth-order valence-electron chi connectivity index (χ4n) is 2.82. The summed E-state index contributed by atoms with van der Waals surface area (Å²) in [5, 5.41) is 31.3. The van der Waals surface area contributed by atoms with Crippen molar-refractivity contribution in [2.75, 3.05) is 6.61 Å². The number of carbonyl (C=O) groups is 2. The largest absolute Gasteiger partial charge is 0.459 e. The van der Waals surface area contributed by atoms with Gasteiger partial charge in [-0.1, -0.05) is 42.5 Å². The quantitative estimate of drug-likeness (QED) is 0.522. The molecular formula is C21H20O7. The second-order valence-electron chi connectivity index (χ2n) is 6.46. The lowest BCUT2D eigenvalue weighted by Gasteiger charge is -2.39. The molecule has 4 atom stereocenters. The smallest absolute Gasteiger partial charge is 0.338 e. The summed E-state index contributed by atoms with van der Waals surface area (Å²) in [7, 11) is 0. The zero-order valence-corrected chi connectivity index (χ0v) is 14.8. The highest BCUT2D eigenvalue weighted by molar-refractivity contribution is 5.90. The molecule has 2 aromatic carbocycles. The fraction of sp³-hybridized carbons (Fsp3) is 0.238. The number of carbonyl (C=O) groups excluding carboxylic acids is 2. The van der Waals surface area contributed by atoms with Crippen molar-refractivity contribution >= 4 is 11.9 Å². The minimum atomic E-state index is -2.02. The summed E-state index contributed by atoms with van der Waals surface area (Å²) in [6.45, 7) is -0.579. The minimum absolute atomic E-state index is 0.232. The first-order chi connectivity index (χ1) is 13.4. The Hall–Kier alpha value is -3.00. The lowest BCUT2D eigenvalue weighted by Crippen LogP contribution is -2.58. The maximum Gasteiger partial charge on any atom is 0.338 e. The Balaban J connectivity index is 1.69. The van der Waals surface area contributed by atoms with Crippen molar-refractivity contribution in [3.8, 4) is 0 Å². The summed E-state index contributed by atoms with van der Waals surface area (Å²) >= 11 is 0. The Morgan fingerprint density at radius 3 is 2.00 bits per heavy atom. The lowest BCUT2D eigenvalue weighted by molar-refractivity contribution is -0.151. The summed E-state index contributed by atoms with van der Waals surface area (Å²) in [4.78, 5) is 24.3. The number of aliphatic hydroxyl groups is 3. The first kappa shape index (κ1) is 19.8. The van der Waals surface area contributed by atoms with Crippen LogP contribution in [0.25, 0.3) is 0 Å². The molecule has 3 N–H and O–H groups in total. The molecular weight excluding hydrogens is 364 g/mol. The molecule has 146 valence electrons. The SMILES string of the molecule is O=C(OCC1(O)C=CC(O)C(OC(=O)c2ccccc2)C1O)c1ccccc1. The van der Waals surface area contributed by atoms with E-state index in [2.05, 4.69) is 0 Å². The second kappa shape index (κ2) is 8.35. The number of hydrogen-bond donors (Lipinski definition) is 3. The van der Waals surface area contributed by atoms with Gasteiger partial charge in [-0.05, 0) is 30.3 Å². The van der Waals surface area contributed by atoms with Gasteiger partial charge >= 0.3 is 11.9 Å². The van der Waals surface area contributed by atoms with Gasteiger partial charge in [-0.3, -0.25) is 0 Å². The van der Waals surface area contributed by atoms with E-state index < -0.39 is 42.5 Å². The van der Waals surface area contributed by atoms with Crippen molar-refractivity contribution in [1.82, 2.24) is 0 Å². The van der Waals surface area contributed by atoms with Gasteiger partial charge < -0.3 is 24.8 Å². The molecule has 0 radical (unpaired) electrons. The highest BCUT2D eigenvalue weighted by Crippen LogP contribution is 2.27. The third-order valence-corrected chi connectivity index (χ3v) is 4.44. The van der Waals surface area contributed by atoms with Gasteiger partial charge in [-0.25, -0.2) is 9.59 Å². The first-order valence-corrected chi connectivity index (χ1v) is 8.67. The molecule has 0 heterocycles. The summed E-state index contributed by atoms with van der Waals surface area (Å²) in [6, 6.07) is 16.2. The van der Waals surface area contributed by atoms with Crippen LogP contribution in [0.5, 0.6) is 0 Å². The number of aliphatic hydroxyl groups excluding tert-OH is 2. The van der Waals surface area contributed by atoms with Crippen LogP contribution in [0.4, 0.5) is 0 Å². The predicted octanol–water partition coefficient (Wildman–Crippen LogP) is 1.09. The molecule has 2 aromatic rings. The molecule has 3 rings (SSSR count). The molecule has 1 aliphatic rings. The van der Waals surface area contributed by atoms with E-state index in [-0.39, 0.29) is 11.1 Å².